The number of benzene rings is 1. The maximum atomic E-state index is 11.5. The fourth-order valence-corrected chi connectivity index (χ4v) is 1.40. The van der Waals surface area contributed by atoms with Crippen LogP contribution in [0.5, 0.6) is 0 Å². The van der Waals surface area contributed by atoms with E-state index in [1.54, 1.807) is 6.92 Å². The molecule has 0 aliphatic rings. The van der Waals surface area contributed by atoms with Gasteiger partial charge in [0.25, 0.3) is 5.69 Å². The van der Waals surface area contributed by atoms with Crippen LogP contribution in [0.1, 0.15) is 5.56 Å². The van der Waals surface area contributed by atoms with Gasteiger partial charge in [-0.05, 0) is 18.6 Å². The lowest BCUT2D eigenvalue weighted by Gasteiger charge is -2.13. The molecule has 0 fully saturated rings. The van der Waals surface area contributed by atoms with Crippen LogP contribution in [0.4, 0.5) is 16.2 Å². The zero-order chi connectivity index (χ0) is 15.3. The van der Waals surface area contributed by atoms with Crippen molar-refractivity contribution in [3.8, 4) is 0 Å². The van der Waals surface area contributed by atoms with Crippen LogP contribution >= 0.6 is 0 Å². The Labute approximate surface area is 113 Å². The molecule has 9 nitrogen and oxygen atoms in total. The summed E-state index contributed by atoms with van der Waals surface area (Å²) in [7, 11) is 0. The number of nitrogens with zero attached hydrogens (tertiary/aromatic N) is 1. The van der Waals surface area contributed by atoms with E-state index in [1.807, 2.05) is 5.32 Å². The molecule has 1 aromatic rings. The zero-order valence-corrected chi connectivity index (χ0v) is 10.5. The Balaban J connectivity index is 2.76. The lowest BCUT2D eigenvalue weighted by Crippen LogP contribution is -2.45. The third kappa shape index (κ3) is 3.92. The van der Waals surface area contributed by atoms with E-state index >= 15 is 0 Å². The van der Waals surface area contributed by atoms with Gasteiger partial charge in [0, 0.05) is 17.8 Å². The van der Waals surface area contributed by atoms with E-state index in [4.69, 9.17) is 10.2 Å². The summed E-state index contributed by atoms with van der Waals surface area (Å²) in [6.07, 6.45) is 0. The van der Waals surface area contributed by atoms with Crippen LogP contribution in [0, 0.1) is 17.0 Å². The molecule has 4 N–H and O–H groups in total. The molecular weight excluding hydrogens is 270 g/mol. The van der Waals surface area contributed by atoms with Gasteiger partial charge in [-0.25, -0.2) is 9.59 Å². The minimum Gasteiger partial charge on any atom is -0.480 e. The van der Waals surface area contributed by atoms with Gasteiger partial charge < -0.3 is 20.8 Å². The number of anilines is 1. The molecule has 1 rings (SSSR count). The number of nitro groups is 1. The standard InChI is InChI=1S/C11H13N3O6/c1-6-4-7(14(19)20)2-3-8(6)12-11(18)13-9(5-15)10(16)17/h2-4,9,15H,5H2,1H3,(H,16,17)(H2,12,13,18)/t9-/m0/s1. The Kier molecular flexibility index (Phi) is 4.98. The summed E-state index contributed by atoms with van der Waals surface area (Å²) in [6.45, 7) is 0.811. The molecule has 0 heterocycles. The number of carboxylic acid groups (broad SMARTS) is 1. The number of carbonyl (C=O) groups is 2. The van der Waals surface area contributed by atoms with E-state index < -0.39 is 29.6 Å². The van der Waals surface area contributed by atoms with E-state index in [9.17, 15) is 19.7 Å². The molecular formula is C11H13N3O6. The number of carboxylic acids is 1. The number of rotatable bonds is 5. The summed E-state index contributed by atoms with van der Waals surface area (Å²) < 4.78 is 0. The SMILES string of the molecule is Cc1cc([N+](=O)[O-])ccc1NC(=O)N[C@@H](CO)C(=O)O. The van der Waals surface area contributed by atoms with Crippen LogP contribution < -0.4 is 10.6 Å². The highest BCUT2D eigenvalue weighted by Crippen LogP contribution is 2.20. The minimum atomic E-state index is -1.42. The van der Waals surface area contributed by atoms with E-state index in [-0.39, 0.29) is 5.69 Å². The Hall–Kier alpha value is -2.68. The number of amides is 2. The van der Waals surface area contributed by atoms with Crippen molar-refractivity contribution >= 4 is 23.4 Å². The lowest BCUT2D eigenvalue weighted by molar-refractivity contribution is -0.384. The summed E-state index contributed by atoms with van der Waals surface area (Å²) in [5.41, 5.74) is 0.632. The molecule has 0 radical (unpaired) electrons. The quantitative estimate of drug-likeness (QED) is 0.457. The second-order valence-corrected chi connectivity index (χ2v) is 3.93. The highest BCUT2D eigenvalue weighted by Gasteiger charge is 2.19. The Morgan fingerprint density at radius 2 is 2.10 bits per heavy atom. The molecule has 2 amide bonds. The molecule has 0 saturated carbocycles. The molecule has 20 heavy (non-hydrogen) atoms. The van der Waals surface area contributed by atoms with Crippen LogP contribution in [0.2, 0.25) is 0 Å². The summed E-state index contributed by atoms with van der Waals surface area (Å²) in [4.78, 5) is 32.1. The highest BCUT2D eigenvalue weighted by atomic mass is 16.6. The molecule has 1 aromatic carbocycles. The summed E-state index contributed by atoms with van der Waals surface area (Å²) in [5.74, 6) is -1.37. The molecule has 9 heteroatoms. The number of aliphatic hydroxyl groups is 1. The van der Waals surface area contributed by atoms with Gasteiger partial charge in [-0.1, -0.05) is 0 Å². The number of hydrogen-bond donors (Lipinski definition) is 4. The minimum absolute atomic E-state index is 0.118. The third-order valence-electron chi connectivity index (χ3n) is 2.46. The van der Waals surface area contributed by atoms with E-state index in [1.165, 1.54) is 18.2 Å². The predicted octanol–water partition coefficient (Wildman–Crippen LogP) is 0.470. The Morgan fingerprint density at radius 3 is 2.55 bits per heavy atom. The predicted molar refractivity (Wildman–Crippen MR) is 68.5 cm³/mol. The van der Waals surface area contributed by atoms with Gasteiger partial charge in [0.05, 0.1) is 11.5 Å². The second kappa shape index (κ2) is 6.48. The lowest BCUT2D eigenvalue weighted by atomic mass is 10.2. The number of aryl methyl sites for hydroxylation is 1. The molecule has 108 valence electrons. The van der Waals surface area contributed by atoms with Crippen molar-refractivity contribution < 1.29 is 24.7 Å². The first kappa shape index (κ1) is 15.4. The van der Waals surface area contributed by atoms with Crippen molar-refractivity contribution in [3.05, 3.63) is 33.9 Å². The van der Waals surface area contributed by atoms with Crippen molar-refractivity contribution in [1.82, 2.24) is 5.32 Å². The van der Waals surface area contributed by atoms with Gasteiger partial charge in [0.15, 0.2) is 6.04 Å². The van der Waals surface area contributed by atoms with E-state index in [2.05, 4.69) is 5.32 Å². The first-order valence-corrected chi connectivity index (χ1v) is 5.51. The van der Waals surface area contributed by atoms with Crippen molar-refractivity contribution in [2.75, 3.05) is 11.9 Å². The number of aliphatic carboxylic acids is 1. The molecule has 0 bridgehead atoms. The molecule has 0 aliphatic carbocycles. The fraction of sp³-hybridized carbons (Fsp3) is 0.273. The van der Waals surface area contributed by atoms with Crippen molar-refractivity contribution in [2.24, 2.45) is 0 Å². The van der Waals surface area contributed by atoms with Gasteiger partial charge >= 0.3 is 12.0 Å². The second-order valence-electron chi connectivity index (χ2n) is 3.93. The first-order valence-electron chi connectivity index (χ1n) is 5.51. The monoisotopic (exact) mass is 283 g/mol. The molecule has 0 saturated heterocycles. The number of urea groups is 1. The van der Waals surface area contributed by atoms with E-state index in [0.29, 0.717) is 11.3 Å². The van der Waals surface area contributed by atoms with Crippen LogP contribution in [0.15, 0.2) is 18.2 Å². The van der Waals surface area contributed by atoms with Gasteiger partial charge in [0.2, 0.25) is 0 Å². The highest BCUT2D eigenvalue weighted by molar-refractivity contribution is 5.93. The smallest absolute Gasteiger partial charge is 0.328 e. The number of non-ortho nitro benzene ring substituents is 1. The summed E-state index contributed by atoms with van der Waals surface area (Å²) in [6, 6.07) is 1.57. The largest absolute Gasteiger partial charge is 0.480 e. The first-order chi connectivity index (χ1) is 9.35. The average Bonchev–Trinajstić information content (AvgIpc) is 2.37. The summed E-state index contributed by atoms with van der Waals surface area (Å²) in [5, 5.41) is 32.4. The number of aliphatic hydroxyl groups excluding tert-OH is 1. The van der Waals surface area contributed by atoms with Gasteiger partial charge in [0.1, 0.15) is 0 Å². The van der Waals surface area contributed by atoms with Crippen LogP contribution in [-0.2, 0) is 4.79 Å². The van der Waals surface area contributed by atoms with Crippen LogP contribution in [0.25, 0.3) is 0 Å². The molecule has 0 unspecified atom stereocenters. The number of nitro benzene ring substituents is 1. The van der Waals surface area contributed by atoms with Gasteiger partial charge in [-0.15, -0.1) is 0 Å². The van der Waals surface area contributed by atoms with Gasteiger partial charge in [-0.2, -0.15) is 0 Å². The normalized spacial score (nSPS) is 11.5. The topological polar surface area (TPSA) is 142 Å². The molecule has 1 atom stereocenters. The molecule has 0 aromatic heterocycles. The van der Waals surface area contributed by atoms with Crippen molar-refractivity contribution in [3.63, 3.8) is 0 Å². The third-order valence-corrected chi connectivity index (χ3v) is 2.46. The van der Waals surface area contributed by atoms with Crippen molar-refractivity contribution in [1.29, 1.82) is 0 Å². The maximum Gasteiger partial charge on any atom is 0.328 e. The average molecular weight is 283 g/mol. The van der Waals surface area contributed by atoms with Crippen molar-refractivity contribution in [2.45, 2.75) is 13.0 Å². The zero-order valence-electron chi connectivity index (χ0n) is 10.5. The Bertz CT molecular complexity index is 545. The van der Waals surface area contributed by atoms with Crippen LogP contribution in [-0.4, -0.2) is 39.8 Å². The van der Waals surface area contributed by atoms with E-state index in [0.717, 1.165) is 0 Å². The summed E-state index contributed by atoms with van der Waals surface area (Å²) >= 11 is 0. The fourth-order valence-electron chi connectivity index (χ4n) is 1.40. The molecule has 0 spiro atoms. The Morgan fingerprint density at radius 1 is 1.45 bits per heavy atom. The number of carbonyl (C=O) groups excluding carboxylic acids is 1. The molecule has 0 aliphatic heterocycles. The number of hydrogen-bond acceptors (Lipinski definition) is 5. The maximum absolute atomic E-state index is 11.5. The van der Waals surface area contributed by atoms with Crippen LogP contribution in [0.3, 0.4) is 0 Å². The number of nitrogens with one attached hydrogen (secondary N) is 2. The van der Waals surface area contributed by atoms with Gasteiger partial charge in [-0.3, -0.25) is 10.1 Å².